The fraction of sp³-hybridized carbons (Fsp3) is 0.588. The molecule has 0 bridgehead atoms. The summed E-state index contributed by atoms with van der Waals surface area (Å²) in [7, 11) is 0. The van der Waals surface area contributed by atoms with Crippen LogP contribution in [0.1, 0.15) is 46.1 Å². The summed E-state index contributed by atoms with van der Waals surface area (Å²) in [5.74, 6) is 0.259. The SMILES string of the molecule is [C-]#[N+]/N=C(\Cc1ccncc1)CC1CC(C)(C)N(O)C1(C)C. The van der Waals surface area contributed by atoms with Gasteiger partial charge in [0, 0.05) is 29.9 Å². The van der Waals surface area contributed by atoms with Gasteiger partial charge >= 0.3 is 0 Å². The van der Waals surface area contributed by atoms with E-state index in [0.29, 0.717) is 6.42 Å². The first-order chi connectivity index (χ1) is 10.3. The predicted octanol–water partition coefficient (Wildman–Crippen LogP) is 3.56. The lowest BCUT2D eigenvalue weighted by Gasteiger charge is -2.36. The lowest BCUT2D eigenvalue weighted by molar-refractivity contribution is -0.196. The Kier molecular flexibility index (Phi) is 4.64. The molecule has 22 heavy (non-hydrogen) atoms. The summed E-state index contributed by atoms with van der Waals surface area (Å²) in [5, 5.41) is 15.9. The minimum Gasteiger partial charge on any atom is -0.313 e. The Hall–Kier alpha value is -1.77. The number of nitrogens with zero attached hydrogens (tertiary/aromatic N) is 4. The van der Waals surface area contributed by atoms with Crippen molar-refractivity contribution in [3.05, 3.63) is 41.6 Å². The van der Waals surface area contributed by atoms with Crippen LogP contribution in [0.4, 0.5) is 0 Å². The fourth-order valence-electron chi connectivity index (χ4n) is 3.45. The van der Waals surface area contributed by atoms with Gasteiger partial charge in [0.05, 0.1) is 5.10 Å². The van der Waals surface area contributed by atoms with Crippen LogP contribution < -0.4 is 0 Å². The highest BCUT2D eigenvalue weighted by molar-refractivity contribution is 5.87. The number of hydrogen-bond donors (Lipinski definition) is 1. The normalized spacial score (nSPS) is 24.2. The van der Waals surface area contributed by atoms with Gasteiger partial charge in [-0.15, -0.1) is 4.95 Å². The predicted molar refractivity (Wildman–Crippen MR) is 86.5 cm³/mol. The second-order valence-corrected chi connectivity index (χ2v) is 7.18. The largest absolute Gasteiger partial charge is 0.313 e. The summed E-state index contributed by atoms with van der Waals surface area (Å²) < 4.78 is 0. The van der Waals surface area contributed by atoms with Gasteiger partial charge in [-0.3, -0.25) is 4.98 Å². The van der Waals surface area contributed by atoms with Gasteiger partial charge in [0.1, 0.15) is 5.71 Å². The van der Waals surface area contributed by atoms with Crippen molar-refractivity contribution in [2.24, 2.45) is 11.0 Å². The van der Waals surface area contributed by atoms with Crippen LogP contribution in [0.15, 0.2) is 29.6 Å². The second kappa shape index (κ2) is 6.15. The average Bonchev–Trinajstić information content (AvgIpc) is 2.60. The van der Waals surface area contributed by atoms with Crippen molar-refractivity contribution in [1.29, 1.82) is 0 Å². The summed E-state index contributed by atoms with van der Waals surface area (Å²) in [5.41, 5.74) is 1.39. The molecule has 1 aliphatic rings. The van der Waals surface area contributed by atoms with Gasteiger partial charge < -0.3 is 5.21 Å². The van der Waals surface area contributed by atoms with E-state index in [1.807, 2.05) is 39.8 Å². The van der Waals surface area contributed by atoms with E-state index in [4.69, 9.17) is 6.57 Å². The lowest BCUT2D eigenvalue weighted by Crippen LogP contribution is -2.47. The molecular formula is C17H24N4O. The van der Waals surface area contributed by atoms with E-state index in [0.717, 1.165) is 24.1 Å². The molecule has 0 saturated carbocycles. The van der Waals surface area contributed by atoms with Crippen LogP contribution in [0.2, 0.25) is 0 Å². The molecule has 1 aliphatic heterocycles. The fourth-order valence-corrected chi connectivity index (χ4v) is 3.45. The van der Waals surface area contributed by atoms with E-state index < -0.39 is 0 Å². The van der Waals surface area contributed by atoms with Gasteiger partial charge in [-0.1, -0.05) is 0 Å². The van der Waals surface area contributed by atoms with Crippen molar-refractivity contribution in [2.75, 3.05) is 0 Å². The molecule has 2 rings (SSSR count). The molecule has 5 heteroatoms. The molecule has 0 spiro atoms. The molecule has 118 valence electrons. The zero-order valence-corrected chi connectivity index (χ0v) is 13.7. The maximum atomic E-state index is 10.4. The molecule has 2 heterocycles. The standard InChI is InChI=1S/C17H24N4O/c1-16(2)12-14(17(3,4)21(16)22)11-15(20-18-5)10-13-6-8-19-9-7-13/h6-9,14,22H,10-12H2,1-4H3/b20-15+. The molecule has 5 nitrogen and oxygen atoms in total. The van der Waals surface area contributed by atoms with Crippen LogP contribution in [0, 0.1) is 12.5 Å². The lowest BCUT2D eigenvalue weighted by atomic mass is 9.82. The molecule has 1 fully saturated rings. The van der Waals surface area contributed by atoms with Gasteiger partial charge in [0.2, 0.25) is 0 Å². The van der Waals surface area contributed by atoms with Crippen molar-refractivity contribution >= 4 is 5.71 Å². The topological polar surface area (TPSA) is 53.1 Å². The molecule has 1 N–H and O–H groups in total. The molecule has 1 atom stereocenters. The summed E-state index contributed by atoms with van der Waals surface area (Å²) in [6, 6.07) is 3.89. The van der Waals surface area contributed by atoms with Crippen molar-refractivity contribution in [3.8, 4) is 0 Å². The number of hydroxylamine groups is 2. The Morgan fingerprint density at radius 1 is 1.41 bits per heavy atom. The van der Waals surface area contributed by atoms with Crippen molar-refractivity contribution in [3.63, 3.8) is 0 Å². The van der Waals surface area contributed by atoms with Crippen LogP contribution in [-0.2, 0) is 6.42 Å². The first kappa shape index (κ1) is 16.6. The third-order valence-electron chi connectivity index (χ3n) is 4.70. The minimum absolute atomic E-state index is 0.256. The van der Waals surface area contributed by atoms with Crippen LogP contribution in [0.3, 0.4) is 0 Å². The van der Waals surface area contributed by atoms with E-state index in [-0.39, 0.29) is 17.0 Å². The number of aromatic nitrogens is 1. The van der Waals surface area contributed by atoms with Crippen LogP contribution >= 0.6 is 0 Å². The number of pyridine rings is 1. The van der Waals surface area contributed by atoms with E-state index in [2.05, 4.69) is 15.0 Å². The summed E-state index contributed by atoms with van der Waals surface area (Å²) >= 11 is 0. The summed E-state index contributed by atoms with van der Waals surface area (Å²) in [4.78, 5) is 7.24. The Morgan fingerprint density at radius 3 is 2.55 bits per heavy atom. The zero-order valence-electron chi connectivity index (χ0n) is 13.7. The molecular weight excluding hydrogens is 276 g/mol. The molecule has 1 saturated heterocycles. The van der Waals surface area contributed by atoms with Gasteiger partial charge in [-0.2, -0.15) is 11.6 Å². The summed E-state index contributed by atoms with van der Waals surface area (Å²) in [6.07, 6.45) is 5.76. The van der Waals surface area contributed by atoms with Gasteiger partial charge in [0.15, 0.2) is 0 Å². The molecule has 1 unspecified atom stereocenters. The highest BCUT2D eigenvalue weighted by Gasteiger charge is 2.51. The molecule has 0 amide bonds. The van der Waals surface area contributed by atoms with E-state index in [9.17, 15) is 5.21 Å². The monoisotopic (exact) mass is 300 g/mol. The minimum atomic E-state index is -0.329. The first-order valence-electron chi connectivity index (χ1n) is 7.57. The van der Waals surface area contributed by atoms with Gasteiger partial charge in [-0.25, -0.2) is 0 Å². The van der Waals surface area contributed by atoms with Gasteiger partial charge in [0.25, 0.3) is 0 Å². The third kappa shape index (κ3) is 3.34. The van der Waals surface area contributed by atoms with Gasteiger partial charge in [-0.05, 0) is 64.2 Å². The molecule has 1 aromatic rings. The maximum absolute atomic E-state index is 10.4. The second-order valence-electron chi connectivity index (χ2n) is 7.18. The molecule has 1 aromatic heterocycles. The Labute approximate surface area is 132 Å². The quantitative estimate of drug-likeness (QED) is 0.525. The first-order valence-corrected chi connectivity index (χ1v) is 7.57. The Bertz CT molecular complexity index is 586. The zero-order chi connectivity index (χ0) is 16.4. The molecule has 0 aromatic carbocycles. The van der Waals surface area contributed by atoms with E-state index in [1.165, 1.54) is 5.06 Å². The summed E-state index contributed by atoms with van der Waals surface area (Å²) in [6.45, 7) is 15.2. The smallest absolute Gasteiger partial charge is 0.105 e. The van der Waals surface area contributed by atoms with Crippen LogP contribution in [-0.4, -0.2) is 32.0 Å². The number of hydrogen-bond acceptors (Lipinski definition) is 4. The maximum Gasteiger partial charge on any atom is 0.105 e. The average molecular weight is 300 g/mol. The van der Waals surface area contributed by atoms with Crippen molar-refractivity contribution in [1.82, 2.24) is 10.0 Å². The number of rotatable bonds is 4. The van der Waals surface area contributed by atoms with Crippen molar-refractivity contribution in [2.45, 2.75) is 58.0 Å². The van der Waals surface area contributed by atoms with E-state index in [1.54, 1.807) is 12.4 Å². The van der Waals surface area contributed by atoms with Crippen LogP contribution in [0.25, 0.3) is 4.95 Å². The molecule has 0 aliphatic carbocycles. The highest BCUT2D eigenvalue weighted by Crippen LogP contribution is 2.45. The molecule has 0 radical (unpaired) electrons. The highest BCUT2D eigenvalue weighted by atomic mass is 16.5. The Morgan fingerprint density at radius 2 is 2.05 bits per heavy atom. The van der Waals surface area contributed by atoms with E-state index >= 15 is 0 Å². The van der Waals surface area contributed by atoms with Crippen molar-refractivity contribution < 1.29 is 5.21 Å². The Balaban J connectivity index is 2.16. The third-order valence-corrected chi connectivity index (χ3v) is 4.70. The van der Waals surface area contributed by atoms with Crippen LogP contribution in [0.5, 0.6) is 0 Å².